The van der Waals surface area contributed by atoms with Gasteiger partial charge in [0.1, 0.15) is 0 Å². The highest BCUT2D eigenvalue weighted by Gasteiger charge is 2.40. The molecule has 3 rings (SSSR count). The fraction of sp³-hybridized carbons (Fsp3) is 0.478. The van der Waals surface area contributed by atoms with Crippen LogP contribution in [0.3, 0.4) is 0 Å². The summed E-state index contributed by atoms with van der Waals surface area (Å²) in [5.41, 5.74) is 2.94. The third-order valence-electron chi connectivity index (χ3n) is 5.67. The van der Waals surface area contributed by atoms with E-state index >= 15 is 0 Å². The van der Waals surface area contributed by atoms with Gasteiger partial charge in [-0.2, -0.15) is 0 Å². The highest BCUT2D eigenvalue weighted by atomic mass is 16.5. The van der Waals surface area contributed by atoms with Crippen LogP contribution in [-0.2, 0) is 20.7 Å². The third kappa shape index (κ3) is 4.97. The van der Waals surface area contributed by atoms with Gasteiger partial charge in [0.15, 0.2) is 0 Å². The molecule has 0 spiro atoms. The summed E-state index contributed by atoms with van der Waals surface area (Å²) in [6.45, 7) is 3.85. The minimum absolute atomic E-state index is 0.0507. The lowest BCUT2D eigenvalue weighted by Gasteiger charge is -2.36. The second kappa shape index (κ2) is 9.80. The minimum atomic E-state index is -0.433. The minimum Gasteiger partial charge on any atom is -0.381 e. The predicted octanol–water partition coefficient (Wildman–Crippen LogP) is 3.63. The molecule has 2 heterocycles. The van der Waals surface area contributed by atoms with E-state index in [4.69, 9.17) is 9.47 Å². The maximum Gasteiger partial charge on any atom is 0.226 e. The monoisotopic (exact) mass is 382 g/mol. The summed E-state index contributed by atoms with van der Waals surface area (Å²) >= 11 is 0. The maximum absolute atomic E-state index is 13.2. The number of ether oxygens (including phenoxy) is 2. The van der Waals surface area contributed by atoms with Crippen molar-refractivity contribution in [2.45, 2.75) is 38.7 Å². The summed E-state index contributed by atoms with van der Waals surface area (Å²) in [4.78, 5) is 17.4. The Morgan fingerprint density at radius 2 is 2.04 bits per heavy atom. The third-order valence-corrected chi connectivity index (χ3v) is 5.67. The first-order valence-electron chi connectivity index (χ1n) is 10.0. The second-order valence-electron chi connectivity index (χ2n) is 7.49. The number of nitrogens with one attached hydrogen (secondary N) is 1. The largest absolute Gasteiger partial charge is 0.381 e. The number of rotatable bonds is 8. The van der Waals surface area contributed by atoms with Gasteiger partial charge < -0.3 is 14.8 Å². The van der Waals surface area contributed by atoms with E-state index in [9.17, 15) is 4.79 Å². The summed E-state index contributed by atoms with van der Waals surface area (Å²) in [6.07, 6.45) is 6.75. The van der Waals surface area contributed by atoms with Crippen molar-refractivity contribution in [2.24, 2.45) is 5.41 Å². The normalized spacial score (nSPS) is 17.1. The van der Waals surface area contributed by atoms with E-state index in [-0.39, 0.29) is 12.0 Å². The van der Waals surface area contributed by atoms with Gasteiger partial charge >= 0.3 is 0 Å². The molecule has 1 aliphatic heterocycles. The van der Waals surface area contributed by atoms with Crippen LogP contribution in [0.2, 0.25) is 0 Å². The molecule has 1 N–H and O–H groups in total. The number of benzene rings is 1. The van der Waals surface area contributed by atoms with Crippen LogP contribution in [0, 0.1) is 5.41 Å². The smallest absolute Gasteiger partial charge is 0.226 e. The Balaban J connectivity index is 1.78. The number of pyridine rings is 1. The zero-order chi connectivity index (χ0) is 19.8. The molecule has 28 heavy (non-hydrogen) atoms. The molecule has 0 aliphatic carbocycles. The summed E-state index contributed by atoms with van der Waals surface area (Å²) in [5.74, 6) is 0.109. The van der Waals surface area contributed by atoms with Gasteiger partial charge in [-0.1, -0.05) is 37.3 Å². The maximum atomic E-state index is 13.2. The molecule has 150 valence electrons. The van der Waals surface area contributed by atoms with E-state index in [0.29, 0.717) is 26.2 Å². The lowest BCUT2D eigenvalue weighted by molar-refractivity contribution is -0.137. The Kier molecular flexibility index (Phi) is 7.18. The van der Waals surface area contributed by atoms with Gasteiger partial charge in [-0.05, 0) is 48.4 Å². The number of hydrogen-bond donors (Lipinski definition) is 1. The zero-order valence-electron chi connectivity index (χ0n) is 16.8. The second-order valence-corrected chi connectivity index (χ2v) is 7.49. The molecule has 0 bridgehead atoms. The van der Waals surface area contributed by atoms with Crippen molar-refractivity contribution in [3.63, 3.8) is 0 Å². The van der Waals surface area contributed by atoms with Crippen LogP contribution in [-0.4, -0.2) is 43.9 Å². The van der Waals surface area contributed by atoms with Gasteiger partial charge in [-0.3, -0.25) is 9.78 Å². The number of amides is 1. The highest BCUT2D eigenvalue weighted by Crippen LogP contribution is 2.35. The molecule has 5 nitrogen and oxygen atoms in total. The fourth-order valence-corrected chi connectivity index (χ4v) is 3.82. The van der Waals surface area contributed by atoms with Crippen molar-refractivity contribution in [3.05, 3.63) is 54.4 Å². The number of hydrogen-bond acceptors (Lipinski definition) is 4. The highest BCUT2D eigenvalue weighted by molar-refractivity contribution is 5.83. The summed E-state index contributed by atoms with van der Waals surface area (Å²) in [5, 5.41) is 3.13. The molecule has 1 saturated heterocycles. The van der Waals surface area contributed by atoms with E-state index in [0.717, 1.165) is 36.0 Å². The van der Waals surface area contributed by atoms with Crippen LogP contribution in [0.15, 0.2) is 48.8 Å². The van der Waals surface area contributed by atoms with Crippen LogP contribution in [0.25, 0.3) is 11.1 Å². The summed E-state index contributed by atoms with van der Waals surface area (Å²) in [7, 11) is 1.69. The molecule has 1 amide bonds. The van der Waals surface area contributed by atoms with Crippen LogP contribution >= 0.6 is 0 Å². The van der Waals surface area contributed by atoms with Crippen molar-refractivity contribution < 1.29 is 14.3 Å². The van der Waals surface area contributed by atoms with E-state index in [1.807, 2.05) is 12.3 Å². The molecule has 1 aliphatic rings. The average molecular weight is 383 g/mol. The number of nitrogens with zero attached hydrogens (tertiary/aromatic N) is 1. The first-order chi connectivity index (χ1) is 13.7. The SMILES string of the molecule is CC[C@H](CNC(=O)C1(Cc2cccc(-c3cccnc3)c2)CCOCC1)OC. The molecule has 1 fully saturated rings. The molecule has 0 saturated carbocycles. The summed E-state index contributed by atoms with van der Waals surface area (Å²) < 4.78 is 11.0. The van der Waals surface area contributed by atoms with Crippen LogP contribution in [0.4, 0.5) is 0 Å². The van der Waals surface area contributed by atoms with E-state index in [1.165, 1.54) is 0 Å². The van der Waals surface area contributed by atoms with Crippen LogP contribution in [0.5, 0.6) is 0 Å². The van der Waals surface area contributed by atoms with Gasteiger partial charge in [-0.25, -0.2) is 0 Å². The number of methoxy groups -OCH3 is 1. The Morgan fingerprint density at radius 3 is 2.71 bits per heavy atom. The van der Waals surface area contributed by atoms with Crippen molar-refractivity contribution in [3.8, 4) is 11.1 Å². The van der Waals surface area contributed by atoms with E-state index in [2.05, 4.69) is 47.6 Å². The average Bonchev–Trinajstić information content (AvgIpc) is 2.76. The number of aromatic nitrogens is 1. The van der Waals surface area contributed by atoms with Gasteiger partial charge in [0.2, 0.25) is 5.91 Å². The first kappa shape index (κ1) is 20.5. The molecular formula is C23H30N2O3. The van der Waals surface area contributed by atoms with Gasteiger partial charge in [0.25, 0.3) is 0 Å². The van der Waals surface area contributed by atoms with Gasteiger partial charge in [0.05, 0.1) is 11.5 Å². The van der Waals surface area contributed by atoms with Crippen LogP contribution < -0.4 is 5.32 Å². The quantitative estimate of drug-likeness (QED) is 0.757. The van der Waals surface area contributed by atoms with Gasteiger partial charge in [-0.15, -0.1) is 0 Å². The predicted molar refractivity (Wildman–Crippen MR) is 110 cm³/mol. The topological polar surface area (TPSA) is 60.5 Å². The van der Waals surface area contributed by atoms with Crippen molar-refractivity contribution >= 4 is 5.91 Å². The molecular weight excluding hydrogens is 352 g/mol. The lowest BCUT2D eigenvalue weighted by atomic mass is 9.74. The molecule has 1 aromatic carbocycles. The first-order valence-corrected chi connectivity index (χ1v) is 10.0. The molecule has 1 atom stereocenters. The van der Waals surface area contributed by atoms with Gasteiger partial charge in [0, 0.05) is 39.3 Å². The molecule has 2 aromatic rings. The Bertz CT molecular complexity index is 753. The standard InChI is InChI=1S/C23H30N2O3/c1-3-21(27-2)17-25-22(26)23(9-12-28-13-10-23)15-18-6-4-7-19(14-18)20-8-5-11-24-16-20/h4-8,11,14,16,21H,3,9-10,12-13,15,17H2,1-2H3,(H,25,26)/t21-/m1/s1. The molecule has 0 unspecified atom stereocenters. The van der Waals surface area contributed by atoms with E-state index < -0.39 is 5.41 Å². The number of carbonyl (C=O) groups is 1. The zero-order valence-corrected chi connectivity index (χ0v) is 16.8. The molecule has 1 aromatic heterocycles. The summed E-state index contributed by atoms with van der Waals surface area (Å²) in [6, 6.07) is 12.4. The molecule has 5 heteroatoms. The number of carbonyl (C=O) groups excluding carboxylic acids is 1. The lowest BCUT2D eigenvalue weighted by Crippen LogP contribution is -2.48. The Labute approximate surface area is 167 Å². The Hall–Kier alpha value is -2.24. The van der Waals surface area contributed by atoms with Crippen LogP contribution in [0.1, 0.15) is 31.7 Å². The van der Waals surface area contributed by atoms with Crippen molar-refractivity contribution in [1.29, 1.82) is 0 Å². The van der Waals surface area contributed by atoms with Crippen molar-refractivity contribution in [2.75, 3.05) is 26.9 Å². The van der Waals surface area contributed by atoms with Crippen molar-refractivity contribution in [1.82, 2.24) is 10.3 Å². The van der Waals surface area contributed by atoms with E-state index in [1.54, 1.807) is 13.3 Å². The fourth-order valence-electron chi connectivity index (χ4n) is 3.82. The molecule has 0 radical (unpaired) electrons. The Morgan fingerprint density at radius 1 is 1.25 bits per heavy atom.